The van der Waals surface area contributed by atoms with Gasteiger partial charge >= 0.3 is 0 Å². The van der Waals surface area contributed by atoms with Gasteiger partial charge in [-0.3, -0.25) is 4.79 Å². The number of Topliss-reactive ketones (excluding diaryl/α,β-unsaturated/α-hetero) is 1. The molecule has 1 saturated heterocycles. The molecule has 2 atom stereocenters. The summed E-state index contributed by atoms with van der Waals surface area (Å²) in [5.41, 5.74) is 0.650. The molecule has 1 fully saturated rings. The molecule has 5 nitrogen and oxygen atoms in total. The highest BCUT2D eigenvalue weighted by molar-refractivity contribution is 6.99. The zero-order valence-corrected chi connectivity index (χ0v) is 14.3. The van der Waals surface area contributed by atoms with Gasteiger partial charge in [0.05, 0.1) is 11.7 Å². The van der Waals surface area contributed by atoms with Crippen LogP contribution in [-0.4, -0.2) is 33.2 Å². The van der Waals surface area contributed by atoms with Crippen LogP contribution in [0.2, 0.25) is 0 Å². The first-order valence-corrected chi connectivity index (χ1v) is 8.72. The first-order valence-electron chi connectivity index (χ1n) is 7.98. The second-order valence-corrected chi connectivity index (χ2v) is 6.54. The minimum Gasteiger partial charge on any atom is -0.466 e. The Kier molecular flexibility index (Phi) is 4.91. The summed E-state index contributed by atoms with van der Waals surface area (Å²) in [7, 11) is 0. The molecule has 23 heavy (non-hydrogen) atoms. The van der Waals surface area contributed by atoms with E-state index in [9.17, 15) is 4.79 Å². The van der Waals surface area contributed by atoms with Crippen LogP contribution >= 0.6 is 11.7 Å². The van der Waals surface area contributed by atoms with Crippen molar-refractivity contribution in [3.8, 4) is 5.88 Å². The van der Waals surface area contributed by atoms with Crippen molar-refractivity contribution in [2.45, 2.75) is 45.2 Å². The van der Waals surface area contributed by atoms with Gasteiger partial charge in [0, 0.05) is 17.6 Å². The van der Waals surface area contributed by atoms with E-state index in [1.54, 1.807) is 12.1 Å². The van der Waals surface area contributed by atoms with E-state index in [0.29, 0.717) is 23.5 Å². The van der Waals surface area contributed by atoms with E-state index in [1.165, 1.54) is 6.42 Å². The molecule has 1 aromatic carbocycles. The van der Waals surface area contributed by atoms with Gasteiger partial charge in [-0.15, -0.1) is 4.37 Å². The standard InChI is InChI=1S/C17H21N3O2S/c1-12-7-6-8-13(2)20(12)16-17(19-23-18-16)22-11-15(21)14-9-4-3-5-10-14/h3-5,9-10,12-13H,6-8,11H2,1-2H3. The molecule has 0 aliphatic carbocycles. The van der Waals surface area contributed by atoms with Gasteiger partial charge in [0.1, 0.15) is 0 Å². The number of benzene rings is 1. The van der Waals surface area contributed by atoms with Crippen LogP contribution in [-0.2, 0) is 0 Å². The van der Waals surface area contributed by atoms with Crippen molar-refractivity contribution in [3.05, 3.63) is 35.9 Å². The van der Waals surface area contributed by atoms with Crippen molar-refractivity contribution in [2.75, 3.05) is 11.5 Å². The summed E-state index contributed by atoms with van der Waals surface area (Å²) in [6.07, 6.45) is 3.52. The Morgan fingerprint density at radius 1 is 1.22 bits per heavy atom. The molecule has 2 heterocycles. The minimum absolute atomic E-state index is 0.0149. The quantitative estimate of drug-likeness (QED) is 0.784. The lowest BCUT2D eigenvalue weighted by atomic mass is 9.98. The van der Waals surface area contributed by atoms with Crippen LogP contribution in [0.5, 0.6) is 5.88 Å². The molecule has 0 radical (unpaired) electrons. The summed E-state index contributed by atoms with van der Waals surface area (Å²) >= 11 is 1.13. The van der Waals surface area contributed by atoms with E-state index < -0.39 is 0 Å². The Hall–Kier alpha value is -1.95. The van der Waals surface area contributed by atoms with Crippen molar-refractivity contribution < 1.29 is 9.53 Å². The Labute approximate surface area is 140 Å². The lowest BCUT2D eigenvalue weighted by Gasteiger charge is -2.39. The Balaban J connectivity index is 1.70. The molecule has 0 spiro atoms. The number of nitrogens with zero attached hydrogens (tertiary/aromatic N) is 3. The molecule has 0 bridgehead atoms. The molecule has 1 aromatic heterocycles. The number of aromatic nitrogens is 2. The fourth-order valence-electron chi connectivity index (χ4n) is 3.10. The number of ether oxygens (including phenoxy) is 1. The molecule has 0 N–H and O–H groups in total. The van der Waals surface area contributed by atoms with Crippen LogP contribution in [0.15, 0.2) is 30.3 Å². The summed E-state index contributed by atoms with van der Waals surface area (Å²) in [4.78, 5) is 14.4. The number of hydrogen-bond donors (Lipinski definition) is 0. The Morgan fingerprint density at radius 3 is 2.61 bits per heavy atom. The summed E-state index contributed by atoms with van der Waals surface area (Å²) in [6.45, 7) is 4.39. The first-order chi connectivity index (χ1) is 11.2. The van der Waals surface area contributed by atoms with E-state index in [2.05, 4.69) is 27.5 Å². The van der Waals surface area contributed by atoms with Crippen LogP contribution in [0.25, 0.3) is 0 Å². The molecular formula is C17H21N3O2S. The maximum atomic E-state index is 12.2. The lowest BCUT2D eigenvalue weighted by molar-refractivity contribution is 0.0919. The molecule has 1 aliphatic heterocycles. The highest BCUT2D eigenvalue weighted by atomic mass is 32.1. The lowest BCUT2D eigenvalue weighted by Crippen LogP contribution is -2.44. The Bertz CT molecular complexity index is 649. The van der Waals surface area contributed by atoms with Crippen LogP contribution in [0.4, 0.5) is 5.82 Å². The van der Waals surface area contributed by atoms with Crippen molar-refractivity contribution >= 4 is 23.3 Å². The van der Waals surface area contributed by atoms with Crippen LogP contribution < -0.4 is 9.64 Å². The average molecular weight is 331 g/mol. The van der Waals surface area contributed by atoms with Gasteiger partial charge in [0.25, 0.3) is 5.88 Å². The van der Waals surface area contributed by atoms with Gasteiger partial charge in [0.15, 0.2) is 12.4 Å². The molecule has 0 saturated carbocycles. The van der Waals surface area contributed by atoms with Crippen LogP contribution in [0.3, 0.4) is 0 Å². The second-order valence-electron chi connectivity index (χ2n) is 6.01. The van der Waals surface area contributed by atoms with E-state index in [-0.39, 0.29) is 12.4 Å². The maximum absolute atomic E-state index is 12.2. The van der Waals surface area contributed by atoms with Gasteiger partial charge in [-0.1, -0.05) is 30.3 Å². The summed E-state index contributed by atoms with van der Waals surface area (Å²) in [5.74, 6) is 1.19. The van der Waals surface area contributed by atoms with E-state index in [0.717, 1.165) is 30.4 Å². The topological polar surface area (TPSA) is 55.3 Å². The van der Waals surface area contributed by atoms with Crippen molar-refractivity contribution in [1.82, 2.24) is 8.75 Å². The third kappa shape index (κ3) is 3.52. The highest BCUT2D eigenvalue weighted by Gasteiger charge is 2.30. The van der Waals surface area contributed by atoms with Gasteiger partial charge in [-0.2, -0.15) is 4.37 Å². The molecule has 0 amide bonds. The molecule has 2 aromatic rings. The van der Waals surface area contributed by atoms with Gasteiger partial charge < -0.3 is 9.64 Å². The smallest absolute Gasteiger partial charge is 0.271 e. The zero-order valence-electron chi connectivity index (χ0n) is 13.4. The third-order valence-corrected chi connectivity index (χ3v) is 4.82. The van der Waals surface area contributed by atoms with E-state index in [4.69, 9.17) is 4.74 Å². The number of carbonyl (C=O) groups excluding carboxylic acids is 1. The number of piperidine rings is 1. The van der Waals surface area contributed by atoms with Crippen LogP contribution in [0, 0.1) is 0 Å². The predicted octanol–water partition coefficient (Wildman–Crippen LogP) is 3.57. The van der Waals surface area contributed by atoms with Crippen molar-refractivity contribution in [2.24, 2.45) is 0 Å². The molecule has 3 rings (SSSR count). The number of anilines is 1. The van der Waals surface area contributed by atoms with Gasteiger partial charge in [-0.25, -0.2) is 0 Å². The van der Waals surface area contributed by atoms with Crippen LogP contribution in [0.1, 0.15) is 43.5 Å². The highest BCUT2D eigenvalue weighted by Crippen LogP contribution is 2.34. The van der Waals surface area contributed by atoms with Crippen molar-refractivity contribution in [3.63, 3.8) is 0 Å². The molecule has 6 heteroatoms. The third-order valence-electron chi connectivity index (χ3n) is 4.32. The number of carbonyl (C=O) groups is 1. The fraction of sp³-hybridized carbons (Fsp3) is 0.471. The monoisotopic (exact) mass is 331 g/mol. The summed E-state index contributed by atoms with van der Waals surface area (Å²) in [6, 6.07) is 9.99. The molecule has 2 unspecified atom stereocenters. The summed E-state index contributed by atoms with van der Waals surface area (Å²) < 4.78 is 14.3. The molecular weight excluding hydrogens is 310 g/mol. The minimum atomic E-state index is -0.0516. The zero-order chi connectivity index (χ0) is 16.2. The first kappa shape index (κ1) is 15.9. The molecule has 1 aliphatic rings. The fourth-order valence-corrected chi connectivity index (χ4v) is 3.60. The number of hydrogen-bond acceptors (Lipinski definition) is 6. The largest absolute Gasteiger partial charge is 0.466 e. The SMILES string of the molecule is CC1CCCC(C)N1c1nsnc1OCC(=O)c1ccccc1. The average Bonchev–Trinajstić information content (AvgIpc) is 3.01. The molecule has 122 valence electrons. The van der Waals surface area contributed by atoms with Crippen molar-refractivity contribution in [1.29, 1.82) is 0 Å². The number of rotatable bonds is 5. The number of ketones is 1. The summed E-state index contributed by atoms with van der Waals surface area (Å²) in [5, 5.41) is 0. The van der Waals surface area contributed by atoms with Gasteiger partial charge in [-0.05, 0) is 33.1 Å². The Morgan fingerprint density at radius 2 is 1.91 bits per heavy atom. The van der Waals surface area contributed by atoms with Gasteiger partial charge in [0.2, 0.25) is 5.82 Å². The normalized spacial score (nSPS) is 21.2. The van der Waals surface area contributed by atoms with E-state index in [1.807, 2.05) is 18.2 Å². The second kappa shape index (κ2) is 7.08. The predicted molar refractivity (Wildman–Crippen MR) is 91.4 cm³/mol. The maximum Gasteiger partial charge on any atom is 0.271 e. The van der Waals surface area contributed by atoms with E-state index >= 15 is 0 Å².